The van der Waals surface area contributed by atoms with Gasteiger partial charge in [-0.2, -0.15) is 0 Å². The number of aliphatic hydroxyl groups excluding tert-OH is 1. The van der Waals surface area contributed by atoms with Gasteiger partial charge in [0.05, 0.1) is 43.7 Å². The lowest BCUT2D eigenvalue weighted by molar-refractivity contribution is -0.150. The summed E-state index contributed by atoms with van der Waals surface area (Å²) in [5, 5.41) is 27.7. The van der Waals surface area contributed by atoms with Gasteiger partial charge in [-0.15, -0.1) is 0 Å². The number of hydrogen-bond donors (Lipinski definition) is 5. The first-order chi connectivity index (χ1) is 21.6. The third kappa shape index (κ3) is 7.85. The topological polar surface area (TPSA) is 179 Å². The first-order valence-corrected chi connectivity index (χ1v) is 15.4. The molecule has 0 bridgehead atoms. The number of nitrogens with one attached hydrogen (secondary N) is 3. The van der Waals surface area contributed by atoms with E-state index in [0.29, 0.717) is 43.8 Å². The molecular formula is C32H41N5O8. The molecule has 0 spiro atoms. The molecule has 45 heavy (non-hydrogen) atoms. The van der Waals surface area contributed by atoms with Crippen molar-refractivity contribution in [1.82, 2.24) is 26.1 Å². The SMILES string of the molecule is C[C@H](NC(=O)[C@@H](O)C1CC1)C(=O)N1CCC[C@@H](C(=O)N[C@H](C)c2ccc3ccc(/C=C/C4(C(=O)O)COCCOC4)cc3n2)N1. The van der Waals surface area contributed by atoms with Gasteiger partial charge < -0.3 is 30.3 Å². The van der Waals surface area contributed by atoms with Crippen molar-refractivity contribution >= 4 is 40.7 Å². The average Bonchev–Trinajstić information content (AvgIpc) is 3.91. The van der Waals surface area contributed by atoms with E-state index in [1.54, 1.807) is 19.1 Å². The number of amides is 3. The van der Waals surface area contributed by atoms with Gasteiger partial charge in [-0.05, 0) is 63.1 Å². The van der Waals surface area contributed by atoms with Crippen molar-refractivity contribution < 1.29 is 38.9 Å². The molecule has 13 heteroatoms. The highest BCUT2D eigenvalue weighted by atomic mass is 16.5. The van der Waals surface area contributed by atoms with Crippen LogP contribution in [0.15, 0.2) is 36.4 Å². The standard InChI is InChI=1S/C32H41N5O8/c1-19(33-28(39)25-4-3-13-37(36-25)30(41)20(2)34-29(40)27(38)23-7-8-23)24-10-9-22-6-5-21(16-26(22)35-24)11-12-32(31(42)43)17-44-14-15-45-18-32/h5-6,9-12,16,19-20,23,25,27,36,38H,3-4,7-8,13-15,17-18H2,1-2H3,(H,33,39)(H,34,40)(H,42,43)/b12-11+/t19-,20+,25+,27+/m1/s1. The summed E-state index contributed by atoms with van der Waals surface area (Å²) in [6, 6.07) is 7.44. The van der Waals surface area contributed by atoms with Crippen LogP contribution < -0.4 is 16.1 Å². The number of aliphatic hydroxyl groups is 1. The van der Waals surface area contributed by atoms with E-state index >= 15 is 0 Å². The summed E-state index contributed by atoms with van der Waals surface area (Å²) in [6.07, 6.45) is 4.95. The second kappa shape index (κ2) is 14.0. The largest absolute Gasteiger partial charge is 0.480 e. The second-order valence-electron chi connectivity index (χ2n) is 12.1. The molecule has 3 fully saturated rings. The maximum absolute atomic E-state index is 13.2. The van der Waals surface area contributed by atoms with Gasteiger partial charge in [-0.25, -0.2) is 5.43 Å². The zero-order valence-electron chi connectivity index (χ0n) is 25.5. The Labute approximate surface area is 261 Å². The predicted molar refractivity (Wildman–Crippen MR) is 163 cm³/mol. The number of fused-ring (bicyclic) bond motifs is 1. The lowest BCUT2D eigenvalue weighted by Gasteiger charge is -2.35. The number of carbonyl (C=O) groups excluding carboxylic acids is 3. The quantitative estimate of drug-likeness (QED) is 0.259. The molecule has 13 nitrogen and oxygen atoms in total. The summed E-state index contributed by atoms with van der Waals surface area (Å²) >= 11 is 0. The van der Waals surface area contributed by atoms with Crippen LogP contribution in [-0.4, -0.2) is 95.1 Å². The molecule has 1 aromatic heterocycles. The highest BCUT2D eigenvalue weighted by molar-refractivity contribution is 5.90. The van der Waals surface area contributed by atoms with Gasteiger partial charge in [-0.1, -0.05) is 30.4 Å². The van der Waals surface area contributed by atoms with Crippen molar-refractivity contribution in [3.63, 3.8) is 0 Å². The molecule has 3 heterocycles. The van der Waals surface area contributed by atoms with Crippen molar-refractivity contribution in [3.05, 3.63) is 47.7 Å². The van der Waals surface area contributed by atoms with Gasteiger partial charge in [-0.3, -0.25) is 29.2 Å². The summed E-state index contributed by atoms with van der Waals surface area (Å²) in [6.45, 7) is 4.51. The number of ether oxygens (including phenoxy) is 2. The number of pyridine rings is 1. The zero-order chi connectivity index (χ0) is 32.1. The van der Waals surface area contributed by atoms with Crippen molar-refractivity contribution in [2.24, 2.45) is 11.3 Å². The van der Waals surface area contributed by atoms with Crippen LogP contribution in [0.5, 0.6) is 0 Å². The molecular weight excluding hydrogens is 582 g/mol. The maximum Gasteiger partial charge on any atom is 0.318 e. The molecule has 1 aliphatic carbocycles. The van der Waals surface area contributed by atoms with Crippen molar-refractivity contribution in [2.45, 2.75) is 63.8 Å². The lowest BCUT2D eigenvalue weighted by Crippen LogP contribution is -2.61. The van der Waals surface area contributed by atoms with Gasteiger partial charge >= 0.3 is 5.97 Å². The number of benzene rings is 1. The monoisotopic (exact) mass is 623 g/mol. The summed E-state index contributed by atoms with van der Waals surface area (Å²) in [4.78, 5) is 55.2. The molecule has 1 aromatic carbocycles. The van der Waals surface area contributed by atoms with E-state index in [0.717, 1.165) is 23.8 Å². The summed E-state index contributed by atoms with van der Waals surface area (Å²) in [7, 11) is 0. The van der Waals surface area contributed by atoms with Crippen molar-refractivity contribution in [3.8, 4) is 0 Å². The van der Waals surface area contributed by atoms with Gasteiger partial charge in [0.25, 0.3) is 5.91 Å². The predicted octanol–water partition coefficient (Wildman–Crippen LogP) is 1.31. The van der Waals surface area contributed by atoms with Crippen molar-refractivity contribution in [2.75, 3.05) is 33.0 Å². The van der Waals surface area contributed by atoms with Crippen LogP contribution in [0.4, 0.5) is 0 Å². The van der Waals surface area contributed by atoms with E-state index in [-0.39, 0.29) is 30.9 Å². The Hall–Kier alpha value is -3.91. The van der Waals surface area contributed by atoms with Crippen LogP contribution in [0.25, 0.3) is 17.0 Å². The molecule has 4 atom stereocenters. The fraction of sp³-hybridized carbons (Fsp3) is 0.531. The van der Waals surface area contributed by atoms with E-state index in [2.05, 4.69) is 16.1 Å². The third-order valence-electron chi connectivity index (χ3n) is 8.49. The Morgan fingerprint density at radius 2 is 1.78 bits per heavy atom. The van der Waals surface area contributed by atoms with Gasteiger partial charge in [0, 0.05) is 11.9 Å². The Morgan fingerprint density at radius 1 is 1.07 bits per heavy atom. The number of aromatic nitrogens is 1. The molecule has 0 radical (unpaired) electrons. The Morgan fingerprint density at radius 3 is 2.47 bits per heavy atom. The summed E-state index contributed by atoms with van der Waals surface area (Å²) < 4.78 is 10.9. The summed E-state index contributed by atoms with van der Waals surface area (Å²) in [5.41, 5.74) is 3.79. The minimum absolute atomic E-state index is 0.0217. The number of aliphatic carboxylic acids is 1. The van der Waals surface area contributed by atoms with Crippen molar-refractivity contribution in [1.29, 1.82) is 0 Å². The normalized spacial score (nSPS) is 22.3. The van der Waals surface area contributed by atoms with Crippen LogP contribution in [-0.2, 0) is 28.7 Å². The molecule has 1 saturated carbocycles. The number of nitrogens with zero attached hydrogens (tertiary/aromatic N) is 2. The summed E-state index contributed by atoms with van der Waals surface area (Å²) in [5.74, 6) is -2.29. The van der Waals surface area contributed by atoms with Crippen LogP contribution in [0.1, 0.15) is 56.8 Å². The Kier molecular flexibility index (Phi) is 10.1. The van der Waals surface area contributed by atoms with Gasteiger partial charge in [0.2, 0.25) is 11.8 Å². The lowest BCUT2D eigenvalue weighted by atomic mass is 9.89. The van der Waals surface area contributed by atoms with Gasteiger partial charge in [0.15, 0.2) is 0 Å². The van der Waals surface area contributed by atoms with Gasteiger partial charge in [0.1, 0.15) is 23.6 Å². The minimum Gasteiger partial charge on any atom is -0.480 e. The molecule has 2 aromatic rings. The molecule has 5 rings (SSSR count). The molecule has 2 aliphatic heterocycles. The number of hydrazine groups is 1. The minimum atomic E-state index is -1.28. The van der Waals surface area contributed by atoms with E-state index in [1.807, 2.05) is 37.3 Å². The molecule has 3 aliphatic rings. The van der Waals surface area contributed by atoms with E-state index in [9.17, 15) is 29.4 Å². The van der Waals surface area contributed by atoms with E-state index in [1.165, 1.54) is 5.01 Å². The smallest absolute Gasteiger partial charge is 0.318 e. The number of hydrogen-bond acceptors (Lipinski definition) is 9. The Bertz CT molecular complexity index is 1450. The number of carboxylic acids is 1. The molecule has 3 amide bonds. The van der Waals surface area contributed by atoms with E-state index in [4.69, 9.17) is 14.5 Å². The van der Waals surface area contributed by atoms with E-state index < -0.39 is 41.5 Å². The zero-order valence-corrected chi connectivity index (χ0v) is 25.5. The number of carbonyl (C=O) groups is 4. The maximum atomic E-state index is 13.2. The fourth-order valence-electron chi connectivity index (χ4n) is 5.45. The molecule has 5 N–H and O–H groups in total. The number of rotatable bonds is 10. The highest BCUT2D eigenvalue weighted by Crippen LogP contribution is 2.32. The molecule has 0 unspecified atom stereocenters. The third-order valence-corrected chi connectivity index (χ3v) is 8.49. The van der Waals surface area contributed by atoms with Crippen LogP contribution in [0, 0.1) is 11.3 Å². The Balaban J connectivity index is 1.20. The second-order valence-corrected chi connectivity index (χ2v) is 12.1. The number of carboxylic acid groups (broad SMARTS) is 1. The van der Waals surface area contributed by atoms with Crippen LogP contribution in [0.3, 0.4) is 0 Å². The average molecular weight is 624 g/mol. The van der Waals surface area contributed by atoms with Crippen LogP contribution >= 0.6 is 0 Å². The molecule has 242 valence electrons. The molecule has 2 saturated heterocycles. The first-order valence-electron chi connectivity index (χ1n) is 15.4. The first kappa shape index (κ1) is 32.5. The fourth-order valence-corrected chi connectivity index (χ4v) is 5.45. The van der Waals surface area contributed by atoms with Crippen LogP contribution in [0.2, 0.25) is 0 Å². The highest BCUT2D eigenvalue weighted by Gasteiger charge is 2.39.